The SMILES string of the molecule is CNC(=O)CCCN1CCC(C(=O)O)C1C. The number of amides is 1. The summed E-state index contributed by atoms with van der Waals surface area (Å²) in [7, 11) is 1.63. The molecule has 0 aliphatic carbocycles. The number of carboxylic acids is 1. The van der Waals surface area contributed by atoms with Crippen molar-refractivity contribution in [2.75, 3.05) is 20.1 Å². The summed E-state index contributed by atoms with van der Waals surface area (Å²) < 4.78 is 0. The first-order chi connectivity index (χ1) is 7.56. The molecule has 16 heavy (non-hydrogen) atoms. The van der Waals surface area contributed by atoms with Crippen LogP contribution in [0.3, 0.4) is 0 Å². The maximum absolute atomic E-state index is 11.0. The Kier molecular flexibility index (Phi) is 4.73. The quantitative estimate of drug-likeness (QED) is 0.710. The number of hydrogen-bond acceptors (Lipinski definition) is 3. The van der Waals surface area contributed by atoms with Crippen molar-refractivity contribution in [3.63, 3.8) is 0 Å². The van der Waals surface area contributed by atoms with E-state index in [-0.39, 0.29) is 17.9 Å². The predicted octanol–water partition coefficient (Wildman–Crippen LogP) is 0.308. The molecule has 1 heterocycles. The molecule has 2 atom stereocenters. The molecule has 1 rings (SSSR count). The van der Waals surface area contributed by atoms with E-state index >= 15 is 0 Å². The van der Waals surface area contributed by atoms with Crippen LogP contribution in [0.1, 0.15) is 26.2 Å². The minimum atomic E-state index is -0.707. The minimum Gasteiger partial charge on any atom is -0.481 e. The van der Waals surface area contributed by atoms with E-state index in [1.807, 2.05) is 6.92 Å². The van der Waals surface area contributed by atoms with E-state index in [2.05, 4.69) is 10.2 Å². The molecule has 1 aliphatic rings. The van der Waals surface area contributed by atoms with Crippen molar-refractivity contribution < 1.29 is 14.7 Å². The zero-order chi connectivity index (χ0) is 12.1. The Morgan fingerprint density at radius 3 is 2.69 bits per heavy atom. The zero-order valence-corrected chi connectivity index (χ0v) is 9.90. The second-order valence-corrected chi connectivity index (χ2v) is 4.29. The second-order valence-electron chi connectivity index (χ2n) is 4.29. The Morgan fingerprint density at radius 2 is 2.19 bits per heavy atom. The number of carbonyl (C=O) groups is 2. The van der Waals surface area contributed by atoms with E-state index in [4.69, 9.17) is 5.11 Å². The third kappa shape index (κ3) is 3.20. The number of rotatable bonds is 5. The Hall–Kier alpha value is -1.10. The maximum Gasteiger partial charge on any atom is 0.308 e. The molecule has 1 saturated heterocycles. The van der Waals surface area contributed by atoms with Gasteiger partial charge in [0.15, 0.2) is 0 Å². The van der Waals surface area contributed by atoms with E-state index < -0.39 is 5.97 Å². The van der Waals surface area contributed by atoms with Crippen molar-refractivity contribution in [1.29, 1.82) is 0 Å². The van der Waals surface area contributed by atoms with Crippen molar-refractivity contribution in [1.82, 2.24) is 10.2 Å². The van der Waals surface area contributed by atoms with Crippen molar-refractivity contribution in [3.8, 4) is 0 Å². The fraction of sp³-hybridized carbons (Fsp3) is 0.818. The lowest BCUT2D eigenvalue weighted by molar-refractivity contribution is -0.142. The van der Waals surface area contributed by atoms with E-state index in [1.54, 1.807) is 7.05 Å². The lowest BCUT2D eigenvalue weighted by Gasteiger charge is -2.22. The van der Waals surface area contributed by atoms with E-state index in [0.29, 0.717) is 6.42 Å². The van der Waals surface area contributed by atoms with Crippen LogP contribution < -0.4 is 5.32 Å². The Morgan fingerprint density at radius 1 is 1.50 bits per heavy atom. The highest BCUT2D eigenvalue weighted by Gasteiger charge is 2.34. The highest BCUT2D eigenvalue weighted by atomic mass is 16.4. The smallest absolute Gasteiger partial charge is 0.308 e. The Bertz CT molecular complexity index is 268. The topological polar surface area (TPSA) is 69.6 Å². The fourth-order valence-electron chi connectivity index (χ4n) is 2.22. The van der Waals surface area contributed by atoms with Gasteiger partial charge in [0, 0.05) is 19.5 Å². The van der Waals surface area contributed by atoms with E-state index in [0.717, 1.165) is 25.9 Å². The number of hydrogen-bond donors (Lipinski definition) is 2. The summed E-state index contributed by atoms with van der Waals surface area (Å²) in [5.74, 6) is -0.914. The molecule has 0 bridgehead atoms. The fourth-order valence-corrected chi connectivity index (χ4v) is 2.22. The molecule has 0 aromatic rings. The summed E-state index contributed by atoms with van der Waals surface area (Å²) in [5.41, 5.74) is 0. The molecular weight excluding hydrogens is 208 g/mol. The van der Waals surface area contributed by atoms with Gasteiger partial charge in [0.2, 0.25) is 5.91 Å². The number of likely N-dealkylation sites (tertiary alicyclic amines) is 1. The van der Waals surface area contributed by atoms with Crippen LogP contribution in [0.25, 0.3) is 0 Å². The summed E-state index contributed by atoms with van der Waals surface area (Å²) in [6.07, 6.45) is 2.02. The average molecular weight is 228 g/mol. The third-order valence-electron chi connectivity index (χ3n) is 3.33. The van der Waals surface area contributed by atoms with E-state index in [1.165, 1.54) is 0 Å². The normalized spacial score (nSPS) is 25.6. The summed E-state index contributed by atoms with van der Waals surface area (Å²) >= 11 is 0. The van der Waals surface area contributed by atoms with Crippen molar-refractivity contribution >= 4 is 11.9 Å². The first-order valence-corrected chi connectivity index (χ1v) is 5.73. The molecule has 1 fully saturated rings. The summed E-state index contributed by atoms with van der Waals surface area (Å²) in [5, 5.41) is 11.5. The summed E-state index contributed by atoms with van der Waals surface area (Å²) in [6.45, 7) is 3.58. The van der Waals surface area contributed by atoms with Crippen LogP contribution in [0.2, 0.25) is 0 Å². The van der Waals surface area contributed by atoms with Crippen LogP contribution in [0.4, 0.5) is 0 Å². The highest BCUT2D eigenvalue weighted by Crippen LogP contribution is 2.24. The van der Waals surface area contributed by atoms with Gasteiger partial charge < -0.3 is 10.4 Å². The molecule has 1 amide bonds. The minimum absolute atomic E-state index is 0.0432. The highest BCUT2D eigenvalue weighted by molar-refractivity contribution is 5.75. The van der Waals surface area contributed by atoms with Crippen molar-refractivity contribution in [2.24, 2.45) is 5.92 Å². The van der Waals surface area contributed by atoms with Crippen LogP contribution >= 0.6 is 0 Å². The molecule has 0 aromatic heterocycles. The van der Waals surface area contributed by atoms with Crippen LogP contribution in [0.5, 0.6) is 0 Å². The van der Waals surface area contributed by atoms with Crippen molar-refractivity contribution in [2.45, 2.75) is 32.2 Å². The van der Waals surface area contributed by atoms with Gasteiger partial charge in [-0.25, -0.2) is 0 Å². The predicted molar refractivity (Wildman–Crippen MR) is 60.1 cm³/mol. The van der Waals surface area contributed by atoms with Crippen LogP contribution in [0.15, 0.2) is 0 Å². The lowest BCUT2D eigenvalue weighted by atomic mass is 10.0. The second kappa shape index (κ2) is 5.84. The van der Waals surface area contributed by atoms with Gasteiger partial charge in [-0.1, -0.05) is 0 Å². The molecule has 0 radical (unpaired) electrons. The summed E-state index contributed by atoms with van der Waals surface area (Å²) in [6, 6.07) is 0.0854. The standard InChI is InChI=1S/C11H20N2O3/c1-8-9(11(15)16)5-7-13(8)6-3-4-10(14)12-2/h8-9H,3-7H2,1-2H3,(H,12,14)(H,15,16). The Labute approximate surface area is 95.8 Å². The molecule has 5 nitrogen and oxygen atoms in total. The first kappa shape index (κ1) is 13.0. The molecule has 0 spiro atoms. The third-order valence-corrected chi connectivity index (χ3v) is 3.33. The molecule has 2 unspecified atom stereocenters. The monoisotopic (exact) mass is 228 g/mol. The number of aliphatic carboxylic acids is 1. The van der Waals surface area contributed by atoms with Gasteiger partial charge >= 0.3 is 5.97 Å². The average Bonchev–Trinajstić information content (AvgIpc) is 2.60. The van der Waals surface area contributed by atoms with Crippen molar-refractivity contribution in [3.05, 3.63) is 0 Å². The maximum atomic E-state index is 11.0. The van der Waals surface area contributed by atoms with Gasteiger partial charge in [-0.2, -0.15) is 0 Å². The van der Waals surface area contributed by atoms with Crippen LogP contribution in [-0.4, -0.2) is 48.1 Å². The number of nitrogens with one attached hydrogen (secondary N) is 1. The van der Waals surface area contributed by atoms with E-state index in [9.17, 15) is 9.59 Å². The molecule has 1 aliphatic heterocycles. The summed E-state index contributed by atoms with van der Waals surface area (Å²) in [4.78, 5) is 24.1. The Balaban J connectivity index is 2.29. The van der Waals surface area contributed by atoms with Gasteiger partial charge in [0.1, 0.15) is 0 Å². The van der Waals surface area contributed by atoms with Gasteiger partial charge in [0.05, 0.1) is 5.92 Å². The molecule has 0 saturated carbocycles. The van der Waals surface area contributed by atoms with Gasteiger partial charge in [-0.05, 0) is 32.9 Å². The lowest BCUT2D eigenvalue weighted by Crippen LogP contribution is -2.34. The first-order valence-electron chi connectivity index (χ1n) is 5.73. The van der Waals surface area contributed by atoms with Gasteiger partial charge in [-0.15, -0.1) is 0 Å². The molecule has 5 heteroatoms. The number of carboxylic acid groups (broad SMARTS) is 1. The molecular formula is C11H20N2O3. The zero-order valence-electron chi connectivity index (χ0n) is 9.90. The van der Waals surface area contributed by atoms with Gasteiger partial charge in [-0.3, -0.25) is 14.5 Å². The van der Waals surface area contributed by atoms with Crippen LogP contribution in [0, 0.1) is 5.92 Å². The number of nitrogens with zero attached hydrogens (tertiary/aromatic N) is 1. The number of carbonyl (C=O) groups excluding carboxylic acids is 1. The molecule has 0 aromatic carbocycles. The molecule has 2 N–H and O–H groups in total. The van der Waals surface area contributed by atoms with Crippen LogP contribution in [-0.2, 0) is 9.59 Å². The van der Waals surface area contributed by atoms with Gasteiger partial charge in [0.25, 0.3) is 0 Å². The largest absolute Gasteiger partial charge is 0.481 e. The molecule has 92 valence electrons.